The Morgan fingerprint density at radius 1 is 0.323 bits per heavy atom. The van der Waals surface area contributed by atoms with Gasteiger partial charge in [-0.1, -0.05) is 322 Å². The van der Waals surface area contributed by atoms with Gasteiger partial charge in [-0.3, -0.25) is 4.79 Å². The van der Waals surface area contributed by atoms with Gasteiger partial charge in [0.05, 0.1) is 6.61 Å². The number of rotatable bonds is 55. The van der Waals surface area contributed by atoms with Gasteiger partial charge in [-0.05, 0) is 44.4 Å². The first-order chi connectivity index (χ1) is 30.7. The highest BCUT2D eigenvalue weighted by molar-refractivity contribution is 5.69. The van der Waals surface area contributed by atoms with Crippen molar-refractivity contribution >= 4 is 5.97 Å². The van der Waals surface area contributed by atoms with Crippen molar-refractivity contribution in [3.8, 4) is 0 Å². The van der Waals surface area contributed by atoms with Crippen LogP contribution in [0.5, 0.6) is 0 Å². The van der Waals surface area contributed by atoms with Crippen molar-refractivity contribution in [1.29, 1.82) is 0 Å². The Hall–Kier alpha value is -0.790. The van der Waals surface area contributed by atoms with E-state index in [4.69, 9.17) is 4.74 Å². The van der Waals surface area contributed by atoms with Crippen LogP contribution in [0.1, 0.15) is 355 Å². The van der Waals surface area contributed by atoms with E-state index >= 15 is 0 Å². The van der Waals surface area contributed by atoms with E-state index in [9.17, 15) is 4.79 Å². The average Bonchev–Trinajstić information content (AvgIpc) is 3.27. The van der Waals surface area contributed by atoms with Crippen LogP contribution < -0.4 is 0 Å². The van der Waals surface area contributed by atoms with Crippen molar-refractivity contribution in [2.75, 3.05) is 6.61 Å². The lowest BCUT2D eigenvalue weighted by molar-refractivity contribution is -0.143. The minimum atomic E-state index is 0.0290. The van der Waals surface area contributed by atoms with Crippen LogP contribution >= 0.6 is 0 Å². The molecule has 0 saturated carbocycles. The number of unbranched alkanes of at least 4 members (excludes halogenated alkanes) is 47. The lowest BCUT2D eigenvalue weighted by Crippen LogP contribution is -2.05. The number of allylic oxidation sites excluding steroid dienone is 2. The zero-order valence-electron chi connectivity index (χ0n) is 43.5. The summed E-state index contributed by atoms with van der Waals surface area (Å²) in [6, 6.07) is 0. The monoisotopic (exact) mass is 871 g/mol. The average molecular weight is 872 g/mol. The quantitative estimate of drug-likeness (QED) is 0.0346. The molecule has 0 amide bonds. The Labute approximate surface area is 393 Å². The SMILES string of the molecule is CCCCCCC=CCCCCCCCCCCCC(=O)OCCCCCCCCCCCCCCCCCCCCCCCCCCCCCCCCCCCCCC(C)C. The summed E-state index contributed by atoms with van der Waals surface area (Å²) in [4.78, 5) is 12.1. The van der Waals surface area contributed by atoms with Gasteiger partial charge in [0.2, 0.25) is 0 Å². The molecule has 62 heavy (non-hydrogen) atoms. The predicted octanol–water partition coefficient (Wildman–Crippen LogP) is 22.0. The predicted molar refractivity (Wildman–Crippen MR) is 281 cm³/mol. The zero-order chi connectivity index (χ0) is 44.8. The molecular weight excluding hydrogens is 753 g/mol. The van der Waals surface area contributed by atoms with Gasteiger partial charge in [-0.25, -0.2) is 0 Å². The summed E-state index contributed by atoms with van der Waals surface area (Å²) in [5.74, 6) is 0.919. The molecule has 0 rings (SSSR count). The second kappa shape index (κ2) is 56.3. The van der Waals surface area contributed by atoms with E-state index < -0.39 is 0 Å². The fraction of sp³-hybridized carbons (Fsp3) is 0.950. The molecule has 0 atom stereocenters. The maximum atomic E-state index is 12.1. The summed E-state index contributed by atoms with van der Waals surface area (Å²) in [7, 11) is 0. The first-order valence-electron chi connectivity index (χ1n) is 29.5. The highest BCUT2D eigenvalue weighted by atomic mass is 16.5. The Balaban J connectivity index is 3.14. The molecule has 0 heterocycles. The van der Waals surface area contributed by atoms with Crippen LogP contribution in [0.2, 0.25) is 0 Å². The lowest BCUT2D eigenvalue weighted by Gasteiger charge is -2.06. The van der Waals surface area contributed by atoms with Crippen LogP contribution in [0.15, 0.2) is 12.2 Å². The minimum absolute atomic E-state index is 0.0290. The van der Waals surface area contributed by atoms with Gasteiger partial charge in [0.1, 0.15) is 0 Å². The van der Waals surface area contributed by atoms with E-state index in [1.165, 1.54) is 315 Å². The lowest BCUT2D eigenvalue weighted by atomic mass is 10.0. The van der Waals surface area contributed by atoms with E-state index in [2.05, 4.69) is 32.9 Å². The molecule has 370 valence electrons. The molecule has 0 aliphatic heterocycles. The number of carbonyl (C=O) groups is 1. The number of carbonyl (C=O) groups excluding carboxylic acids is 1. The van der Waals surface area contributed by atoms with Crippen molar-refractivity contribution in [2.24, 2.45) is 5.92 Å². The van der Waals surface area contributed by atoms with Crippen LogP contribution in [-0.4, -0.2) is 12.6 Å². The van der Waals surface area contributed by atoms with Gasteiger partial charge < -0.3 is 4.74 Å². The van der Waals surface area contributed by atoms with Gasteiger partial charge in [0, 0.05) is 6.42 Å². The molecule has 2 nitrogen and oxygen atoms in total. The summed E-state index contributed by atoms with van der Waals surface area (Å²) in [6.45, 7) is 7.61. The van der Waals surface area contributed by atoms with Crippen LogP contribution in [0.4, 0.5) is 0 Å². The van der Waals surface area contributed by atoms with E-state index in [0.717, 1.165) is 18.8 Å². The molecule has 0 N–H and O–H groups in total. The Morgan fingerprint density at radius 3 is 0.855 bits per heavy atom. The fourth-order valence-corrected chi connectivity index (χ4v) is 9.44. The standard InChI is InChI=1S/C60H118O2/c1-4-5-6-7-8-9-10-11-12-32-36-39-42-45-48-51-54-57-60(61)62-58-55-52-49-46-43-40-37-34-31-29-27-25-23-21-19-17-15-13-14-16-18-20-22-24-26-28-30-33-35-38-41-44-47-50-53-56-59(2)3/h9-10,59H,4-8,11-58H2,1-3H3. The van der Waals surface area contributed by atoms with Gasteiger partial charge in [0.15, 0.2) is 0 Å². The topological polar surface area (TPSA) is 26.3 Å². The minimum Gasteiger partial charge on any atom is -0.466 e. The molecule has 0 bridgehead atoms. The van der Waals surface area contributed by atoms with Crippen LogP contribution in [-0.2, 0) is 9.53 Å². The van der Waals surface area contributed by atoms with E-state index in [-0.39, 0.29) is 5.97 Å². The normalized spacial score (nSPS) is 11.8. The van der Waals surface area contributed by atoms with Crippen LogP contribution in [0, 0.1) is 5.92 Å². The van der Waals surface area contributed by atoms with Gasteiger partial charge >= 0.3 is 5.97 Å². The molecule has 2 heteroatoms. The third-order valence-corrected chi connectivity index (χ3v) is 13.8. The second-order valence-electron chi connectivity index (χ2n) is 20.8. The third-order valence-electron chi connectivity index (χ3n) is 13.8. The molecule has 0 unspecified atom stereocenters. The third kappa shape index (κ3) is 57.2. The van der Waals surface area contributed by atoms with Crippen molar-refractivity contribution in [2.45, 2.75) is 355 Å². The van der Waals surface area contributed by atoms with E-state index in [0.29, 0.717) is 13.0 Å². The largest absolute Gasteiger partial charge is 0.466 e. The summed E-state index contributed by atoms with van der Waals surface area (Å²) in [6.07, 6.45) is 76.9. The second-order valence-corrected chi connectivity index (χ2v) is 20.8. The Morgan fingerprint density at radius 2 is 0.565 bits per heavy atom. The first-order valence-corrected chi connectivity index (χ1v) is 29.5. The van der Waals surface area contributed by atoms with Crippen molar-refractivity contribution in [3.63, 3.8) is 0 Å². The molecule has 0 radical (unpaired) electrons. The van der Waals surface area contributed by atoms with Crippen molar-refractivity contribution in [3.05, 3.63) is 12.2 Å². The number of ether oxygens (including phenoxy) is 1. The van der Waals surface area contributed by atoms with Crippen molar-refractivity contribution < 1.29 is 9.53 Å². The Bertz CT molecular complexity index is 831. The molecule has 0 aliphatic carbocycles. The summed E-state index contributed by atoms with van der Waals surface area (Å²) < 4.78 is 5.50. The summed E-state index contributed by atoms with van der Waals surface area (Å²) in [5, 5.41) is 0. The molecule has 0 saturated heterocycles. The Kier molecular flexibility index (Phi) is 55.6. The molecule has 0 aromatic heterocycles. The maximum Gasteiger partial charge on any atom is 0.305 e. The summed E-state index contributed by atoms with van der Waals surface area (Å²) in [5.41, 5.74) is 0. The van der Waals surface area contributed by atoms with Gasteiger partial charge in [-0.2, -0.15) is 0 Å². The van der Waals surface area contributed by atoms with Crippen LogP contribution in [0.3, 0.4) is 0 Å². The number of hydrogen-bond acceptors (Lipinski definition) is 2. The molecule has 0 aliphatic rings. The molecular formula is C60H118O2. The number of esters is 1. The van der Waals surface area contributed by atoms with E-state index in [1.807, 2.05) is 0 Å². The molecule has 0 spiro atoms. The highest BCUT2D eigenvalue weighted by Gasteiger charge is 2.03. The first kappa shape index (κ1) is 61.2. The summed E-state index contributed by atoms with van der Waals surface area (Å²) >= 11 is 0. The smallest absolute Gasteiger partial charge is 0.305 e. The van der Waals surface area contributed by atoms with Crippen LogP contribution in [0.25, 0.3) is 0 Å². The maximum absolute atomic E-state index is 12.1. The van der Waals surface area contributed by atoms with Gasteiger partial charge in [-0.15, -0.1) is 0 Å². The van der Waals surface area contributed by atoms with Crippen molar-refractivity contribution in [1.82, 2.24) is 0 Å². The molecule has 0 aromatic rings. The zero-order valence-corrected chi connectivity index (χ0v) is 43.5. The molecule has 0 fully saturated rings. The molecule has 0 aromatic carbocycles. The van der Waals surface area contributed by atoms with E-state index in [1.54, 1.807) is 0 Å². The fourth-order valence-electron chi connectivity index (χ4n) is 9.44. The highest BCUT2D eigenvalue weighted by Crippen LogP contribution is 2.19. The van der Waals surface area contributed by atoms with Gasteiger partial charge in [0.25, 0.3) is 0 Å². The number of hydrogen-bond donors (Lipinski definition) is 0.